The Morgan fingerprint density at radius 2 is 1.93 bits per heavy atom. The number of unbranched alkanes of at least 4 members (excludes halogenated alkanes) is 1. The van der Waals surface area contributed by atoms with Gasteiger partial charge >= 0.3 is 0 Å². The van der Waals surface area contributed by atoms with Crippen LogP contribution in [0, 0.1) is 0 Å². The van der Waals surface area contributed by atoms with Crippen molar-refractivity contribution in [2.75, 3.05) is 32.3 Å². The maximum absolute atomic E-state index is 11.5. The largest absolute Gasteiger partial charge is 0.305 e. The van der Waals surface area contributed by atoms with Crippen molar-refractivity contribution in [3.05, 3.63) is 0 Å². The van der Waals surface area contributed by atoms with Crippen LogP contribution in [0.1, 0.15) is 19.8 Å². The van der Waals surface area contributed by atoms with Crippen LogP contribution in [0.2, 0.25) is 0 Å². The summed E-state index contributed by atoms with van der Waals surface area (Å²) in [5, 5.41) is 0. The first kappa shape index (κ1) is 15.2. The van der Waals surface area contributed by atoms with Gasteiger partial charge in [0.1, 0.15) is 0 Å². The number of sulfonamides is 1. The average molecular weight is 257 g/mol. The molecule has 0 aromatic carbocycles. The van der Waals surface area contributed by atoms with Crippen LogP contribution in [0.5, 0.6) is 0 Å². The van der Waals surface area contributed by atoms with E-state index < -0.39 is 10.0 Å². The van der Waals surface area contributed by atoms with Crippen LogP contribution in [0.25, 0.3) is 0 Å². The Labute approximate surface area is 98.0 Å². The van der Waals surface area contributed by atoms with E-state index in [1.165, 1.54) is 0 Å². The number of alkyl halides is 1. The Hall–Kier alpha value is 0.160. The molecule has 1 atom stereocenters. The van der Waals surface area contributed by atoms with Crippen LogP contribution in [0.3, 0.4) is 0 Å². The van der Waals surface area contributed by atoms with E-state index in [-0.39, 0.29) is 11.8 Å². The predicted molar refractivity (Wildman–Crippen MR) is 64.9 cm³/mol. The minimum Gasteiger partial charge on any atom is -0.305 e. The highest BCUT2D eigenvalue weighted by molar-refractivity contribution is 7.89. The number of hydrogen-bond acceptors (Lipinski definition) is 3. The molecule has 0 aromatic rings. The van der Waals surface area contributed by atoms with Gasteiger partial charge in [0, 0.05) is 18.5 Å². The number of halogens is 1. The van der Waals surface area contributed by atoms with Crippen LogP contribution in [-0.2, 0) is 10.0 Å². The van der Waals surface area contributed by atoms with E-state index in [4.69, 9.17) is 11.6 Å². The Bertz CT molecular complexity index is 255. The third-order valence-corrected chi connectivity index (χ3v) is 3.98. The lowest BCUT2D eigenvalue weighted by Gasteiger charge is -2.19. The molecule has 0 spiro atoms. The van der Waals surface area contributed by atoms with Crippen molar-refractivity contribution < 1.29 is 8.42 Å². The summed E-state index contributed by atoms with van der Waals surface area (Å²) >= 11 is 5.48. The van der Waals surface area contributed by atoms with Gasteiger partial charge in [-0.05, 0) is 33.9 Å². The number of likely N-dealkylation sites (N-methyl/N-ethyl adjacent to an activating group) is 1. The highest BCUT2D eigenvalue weighted by Gasteiger charge is 2.12. The number of rotatable bonds is 8. The van der Waals surface area contributed by atoms with Gasteiger partial charge in [-0.3, -0.25) is 0 Å². The zero-order valence-electron chi connectivity index (χ0n) is 9.66. The normalized spacial score (nSPS) is 14.5. The van der Waals surface area contributed by atoms with Gasteiger partial charge in [-0.25, -0.2) is 13.1 Å². The van der Waals surface area contributed by atoms with Gasteiger partial charge in [-0.1, -0.05) is 0 Å². The molecule has 0 radical (unpaired) electrons. The van der Waals surface area contributed by atoms with Gasteiger partial charge in [0.05, 0.1) is 5.75 Å². The van der Waals surface area contributed by atoms with Gasteiger partial charge in [0.15, 0.2) is 0 Å². The van der Waals surface area contributed by atoms with Crippen LogP contribution in [-0.4, -0.2) is 51.6 Å². The molecule has 0 amide bonds. The van der Waals surface area contributed by atoms with Crippen molar-refractivity contribution in [1.82, 2.24) is 9.62 Å². The summed E-state index contributed by atoms with van der Waals surface area (Å²) in [6, 6.07) is 0.202. The minimum absolute atomic E-state index is 0.167. The molecule has 6 heteroatoms. The first-order valence-corrected chi connectivity index (χ1v) is 7.27. The fourth-order valence-corrected chi connectivity index (χ4v) is 2.30. The van der Waals surface area contributed by atoms with Gasteiger partial charge < -0.3 is 4.90 Å². The summed E-state index contributed by atoms with van der Waals surface area (Å²) in [5.41, 5.74) is 0. The summed E-state index contributed by atoms with van der Waals surface area (Å²) in [6.45, 7) is 2.43. The van der Waals surface area contributed by atoms with Crippen LogP contribution < -0.4 is 4.72 Å². The van der Waals surface area contributed by atoms with Gasteiger partial charge in [-0.2, -0.15) is 0 Å². The van der Waals surface area contributed by atoms with E-state index in [1.54, 1.807) is 0 Å². The van der Waals surface area contributed by atoms with E-state index in [0.717, 1.165) is 6.42 Å². The molecule has 1 unspecified atom stereocenters. The molecule has 0 aliphatic heterocycles. The molecule has 0 saturated heterocycles. The summed E-state index contributed by atoms with van der Waals surface area (Å²) in [6.07, 6.45) is 1.36. The highest BCUT2D eigenvalue weighted by atomic mass is 35.5. The molecular weight excluding hydrogens is 236 g/mol. The second-order valence-corrected chi connectivity index (χ2v) is 6.18. The second-order valence-electron chi connectivity index (χ2n) is 3.88. The maximum Gasteiger partial charge on any atom is 0.211 e. The van der Waals surface area contributed by atoms with Crippen LogP contribution >= 0.6 is 11.6 Å². The van der Waals surface area contributed by atoms with E-state index >= 15 is 0 Å². The second kappa shape index (κ2) is 7.44. The Morgan fingerprint density at radius 1 is 1.33 bits per heavy atom. The average Bonchev–Trinajstić information content (AvgIpc) is 2.14. The van der Waals surface area contributed by atoms with Crippen molar-refractivity contribution in [2.24, 2.45) is 0 Å². The summed E-state index contributed by atoms with van der Waals surface area (Å²) < 4.78 is 25.5. The first-order chi connectivity index (χ1) is 6.89. The fourth-order valence-electron chi connectivity index (χ4n) is 0.889. The fraction of sp³-hybridized carbons (Fsp3) is 1.00. The van der Waals surface area contributed by atoms with Crippen molar-refractivity contribution >= 4 is 21.6 Å². The highest BCUT2D eigenvalue weighted by Crippen LogP contribution is 1.97. The molecular formula is C9H21ClN2O2S. The lowest BCUT2D eigenvalue weighted by atomic mass is 10.3. The number of hydrogen-bond donors (Lipinski definition) is 1. The zero-order valence-corrected chi connectivity index (χ0v) is 11.2. The predicted octanol–water partition coefficient (Wildman–Crippen LogP) is 0.875. The van der Waals surface area contributed by atoms with Crippen molar-refractivity contribution in [1.29, 1.82) is 0 Å². The third kappa shape index (κ3) is 8.02. The standard InChI is InChI=1S/C9H21ClN2O2S/c1-9(12(2)3)8-11-15(13,14)7-5-4-6-10/h9,11H,4-8H2,1-3H3. The summed E-state index contributed by atoms with van der Waals surface area (Å²) in [4.78, 5) is 1.97. The molecule has 0 fully saturated rings. The lowest BCUT2D eigenvalue weighted by Crippen LogP contribution is -2.39. The maximum atomic E-state index is 11.5. The molecule has 15 heavy (non-hydrogen) atoms. The molecule has 0 aliphatic carbocycles. The molecule has 1 N–H and O–H groups in total. The van der Waals surface area contributed by atoms with Crippen molar-refractivity contribution in [3.63, 3.8) is 0 Å². The van der Waals surface area contributed by atoms with Crippen molar-refractivity contribution in [3.8, 4) is 0 Å². The summed E-state index contributed by atoms with van der Waals surface area (Å²) in [7, 11) is 0.728. The molecule has 92 valence electrons. The number of nitrogens with zero attached hydrogens (tertiary/aromatic N) is 1. The summed E-state index contributed by atoms with van der Waals surface area (Å²) in [5.74, 6) is 0.684. The lowest BCUT2D eigenvalue weighted by molar-refractivity contribution is 0.314. The Kier molecular flexibility index (Phi) is 7.52. The van der Waals surface area contributed by atoms with Crippen LogP contribution in [0.15, 0.2) is 0 Å². The molecule has 0 bridgehead atoms. The Balaban J connectivity index is 3.84. The monoisotopic (exact) mass is 256 g/mol. The topological polar surface area (TPSA) is 49.4 Å². The van der Waals surface area contributed by atoms with Gasteiger partial charge in [0.2, 0.25) is 10.0 Å². The Morgan fingerprint density at radius 3 is 2.40 bits per heavy atom. The molecule has 4 nitrogen and oxygen atoms in total. The molecule has 0 aliphatic rings. The van der Waals surface area contributed by atoms with E-state index in [2.05, 4.69) is 4.72 Å². The molecule has 0 rings (SSSR count). The van der Waals surface area contributed by atoms with Crippen molar-refractivity contribution in [2.45, 2.75) is 25.8 Å². The molecule has 0 heterocycles. The first-order valence-electron chi connectivity index (χ1n) is 5.09. The van der Waals surface area contributed by atoms with E-state index in [1.807, 2.05) is 25.9 Å². The minimum atomic E-state index is -3.12. The van der Waals surface area contributed by atoms with E-state index in [0.29, 0.717) is 18.8 Å². The van der Waals surface area contributed by atoms with Gasteiger partial charge in [-0.15, -0.1) is 11.6 Å². The quantitative estimate of drug-likeness (QED) is 0.518. The molecule has 0 aromatic heterocycles. The SMILES string of the molecule is CC(CNS(=O)(=O)CCCCCl)N(C)C. The zero-order chi connectivity index (χ0) is 11.9. The van der Waals surface area contributed by atoms with Gasteiger partial charge in [0.25, 0.3) is 0 Å². The number of nitrogens with one attached hydrogen (secondary N) is 1. The molecule has 0 saturated carbocycles. The van der Waals surface area contributed by atoms with Crippen LogP contribution in [0.4, 0.5) is 0 Å². The smallest absolute Gasteiger partial charge is 0.211 e. The third-order valence-electron chi connectivity index (χ3n) is 2.28. The van der Waals surface area contributed by atoms with E-state index in [9.17, 15) is 8.42 Å².